The van der Waals surface area contributed by atoms with Gasteiger partial charge in [0.05, 0.1) is 30.3 Å². The summed E-state index contributed by atoms with van der Waals surface area (Å²) in [5, 5.41) is 11.7. The quantitative estimate of drug-likeness (QED) is 0.169. The lowest BCUT2D eigenvalue weighted by Crippen LogP contribution is -2.49. The lowest BCUT2D eigenvalue weighted by atomic mass is 9.61. The van der Waals surface area contributed by atoms with Gasteiger partial charge < -0.3 is 18.7 Å². The molecule has 0 spiro atoms. The summed E-state index contributed by atoms with van der Waals surface area (Å²) in [5.41, 5.74) is 4.09. The van der Waals surface area contributed by atoms with Crippen molar-refractivity contribution >= 4 is 22.5 Å². The molecular weight excluding hydrogens is 663 g/mol. The number of aliphatic hydroxyl groups is 1. The van der Waals surface area contributed by atoms with Gasteiger partial charge in [-0.2, -0.15) is 0 Å². The van der Waals surface area contributed by atoms with Crippen LogP contribution in [0, 0.1) is 28.6 Å². The molecular formula is C44H75NO4Si2. The van der Waals surface area contributed by atoms with Crippen LogP contribution in [0.3, 0.4) is 0 Å². The fourth-order valence-corrected chi connectivity index (χ4v) is 11.9. The fourth-order valence-electron chi connectivity index (χ4n) is 9.18. The zero-order valence-corrected chi connectivity index (χ0v) is 37.0. The van der Waals surface area contributed by atoms with E-state index in [0.717, 1.165) is 44.5 Å². The highest BCUT2D eigenvalue weighted by Crippen LogP contribution is 2.60. The van der Waals surface area contributed by atoms with E-state index in [2.05, 4.69) is 113 Å². The second-order valence-corrected chi connectivity index (χ2v) is 30.0. The van der Waals surface area contributed by atoms with Crippen LogP contribution in [0.25, 0.3) is 0 Å². The van der Waals surface area contributed by atoms with Gasteiger partial charge in [-0.3, -0.25) is 4.99 Å². The van der Waals surface area contributed by atoms with Gasteiger partial charge in [-0.05, 0) is 128 Å². The second-order valence-electron chi connectivity index (χ2n) is 20.5. The van der Waals surface area contributed by atoms with Gasteiger partial charge >= 0.3 is 0 Å². The van der Waals surface area contributed by atoms with Gasteiger partial charge in [0.1, 0.15) is 6.10 Å². The number of aliphatic imine (C=N–C) groups is 1. The zero-order valence-electron chi connectivity index (χ0n) is 35.0. The van der Waals surface area contributed by atoms with Crippen molar-refractivity contribution in [1.29, 1.82) is 0 Å². The first-order chi connectivity index (χ1) is 23.5. The van der Waals surface area contributed by atoms with Gasteiger partial charge in [-0.15, -0.1) is 0 Å². The van der Waals surface area contributed by atoms with Crippen molar-refractivity contribution in [1.82, 2.24) is 0 Å². The summed E-state index contributed by atoms with van der Waals surface area (Å²) in [6.45, 7) is 36.0. The molecule has 8 atom stereocenters. The Kier molecular flexibility index (Phi) is 11.8. The van der Waals surface area contributed by atoms with Crippen LogP contribution >= 0.6 is 0 Å². The molecule has 5 nitrogen and oxygen atoms in total. The second kappa shape index (κ2) is 14.8. The third kappa shape index (κ3) is 8.38. The molecule has 0 bridgehead atoms. The molecule has 288 valence electrons. The average molecular weight is 738 g/mol. The van der Waals surface area contributed by atoms with E-state index in [1.807, 2.05) is 0 Å². The maximum Gasteiger partial charge on any atom is 0.193 e. The minimum absolute atomic E-state index is 0.00434. The Morgan fingerprint density at radius 3 is 2.22 bits per heavy atom. The molecule has 1 N–H and O–H groups in total. The minimum atomic E-state index is -2.00. The maximum absolute atomic E-state index is 11.4. The van der Waals surface area contributed by atoms with Gasteiger partial charge in [0.25, 0.3) is 0 Å². The van der Waals surface area contributed by atoms with Crippen molar-refractivity contribution in [2.45, 2.75) is 187 Å². The molecule has 5 rings (SSSR count). The molecule has 1 unspecified atom stereocenters. The molecule has 0 saturated heterocycles. The highest BCUT2D eigenvalue weighted by atomic mass is 28.4. The number of hydrogen-bond donors (Lipinski definition) is 1. The van der Waals surface area contributed by atoms with Crippen molar-refractivity contribution in [2.24, 2.45) is 33.6 Å². The number of nitrogens with zero attached hydrogens (tertiary/aromatic N) is 1. The third-order valence-electron chi connectivity index (χ3n) is 15.0. The molecule has 0 aromatic heterocycles. The van der Waals surface area contributed by atoms with E-state index in [1.54, 1.807) is 5.57 Å². The number of rotatable bonds is 11. The Labute approximate surface area is 315 Å². The number of aliphatic hydroxyl groups excluding tert-OH is 1. The van der Waals surface area contributed by atoms with Crippen molar-refractivity contribution in [3.05, 3.63) is 47.6 Å². The normalized spacial score (nSPS) is 34.5. The molecule has 4 saturated carbocycles. The van der Waals surface area contributed by atoms with E-state index < -0.39 is 22.7 Å². The van der Waals surface area contributed by atoms with Crippen LogP contribution in [0.4, 0.5) is 0 Å². The van der Waals surface area contributed by atoms with Crippen LogP contribution in [0.1, 0.15) is 127 Å². The maximum atomic E-state index is 11.4. The number of fused-ring (bicyclic) bond motifs is 1. The number of ether oxygens (including phenoxy) is 1. The van der Waals surface area contributed by atoms with E-state index in [-0.39, 0.29) is 39.2 Å². The number of allylic oxidation sites excluding steroid dienone is 4. The molecule has 1 heterocycles. The molecule has 0 aromatic carbocycles. The largest absolute Gasteiger partial charge is 0.475 e. The van der Waals surface area contributed by atoms with E-state index in [0.29, 0.717) is 17.8 Å². The Morgan fingerprint density at radius 1 is 0.980 bits per heavy atom. The summed E-state index contributed by atoms with van der Waals surface area (Å²) >= 11 is 0. The Balaban J connectivity index is 1.33. The average Bonchev–Trinajstić information content (AvgIpc) is 3.54. The molecule has 0 amide bonds. The Hall–Kier alpha value is -1.26. The van der Waals surface area contributed by atoms with Crippen LogP contribution < -0.4 is 0 Å². The Bertz CT molecular complexity index is 1410. The Morgan fingerprint density at radius 2 is 1.63 bits per heavy atom. The van der Waals surface area contributed by atoms with Crippen LogP contribution in [0.5, 0.6) is 0 Å². The van der Waals surface area contributed by atoms with E-state index in [1.165, 1.54) is 43.3 Å². The molecule has 0 radical (unpaired) electrons. The molecule has 7 heteroatoms. The van der Waals surface area contributed by atoms with Crippen molar-refractivity contribution in [3.63, 3.8) is 0 Å². The summed E-state index contributed by atoms with van der Waals surface area (Å²) < 4.78 is 20.4. The highest BCUT2D eigenvalue weighted by Gasteiger charge is 2.56. The van der Waals surface area contributed by atoms with Crippen molar-refractivity contribution in [2.75, 3.05) is 6.54 Å². The van der Waals surface area contributed by atoms with Crippen LogP contribution in [0.15, 0.2) is 52.6 Å². The van der Waals surface area contributed by atoms with Crippen LogP contribution in [-0.2, 0) is 13.6 Å². The zero-order chi connectivity index (χ0) is 37.8. The van der Waals surface area contributed by atoms with Gasteiger partial charge in [0.15, 0.2) is 22.5 Å². The third-order valence-corrected chi connectivity index (χ3v) is 24.0. The van der Waals surface area contributed by atoms with Crippen molar-refractivity contribution in [3.8, 4) is 0 Å². The summed E-state index contributed by atoms with van der Waals surface area (Å²) in [7, 11) is -3.96. The summed E-state index contributed by atoms with van der Waals surface area (Å²) in [4.78, 5) is 4.71. The predicted octanol–water partition coefficient (Wildman–Crippen LogP) is 11.7. The lowest BCUT2D eigenvalue weighted by Gasteiger charge is -2.45. The molecule has 1 aliphatic heterocycles. The molecule has 4 fully saturated rings. The molecule has 4 aliphatic carbocycles. The van der Waals surface area contributed by atoms with Crippen molar-refractivity contribution < 1.29 is 18.7 Å². The highest BCUT2D eigenvalue weighted by molar-refractivity contribution is 6.74. The molecule has 0 aromatic rings. The lowest BCUT2D eigenvalue weighted by molar-refractivity contribution is 0.0969. The predicted molar refractivity (Wildman–Crippen MR) is 220 cm³/mol. The van der Waals surface area contributed by atoms with Gasteiger partial charge in [-0.25, -0.2) is 0 Å². The smallest absolute Gasteiger partial charge is 0.193 e. The summed E-state index contributed by atoms with van der Waals surface area (Å²) in [6, 6.07) is 0. The standard InChI is InChI=1S/C44H75NO4Si2/c1-15-34-29-45-40(47-34)44(25-26-44)39(46)23-18-30(2)36-21-22-37-32(17-16-24-43(36,37)10)19-20-33-27-35(48-50(11,12)41(4,5)6)28-38(31(33)3)49-51(13,14)42(7,8)9/h18-20,23,30,34-39,46H,3,15-17,21-22,24-29H2,1-2,4-14H3/t30-,34?,35-,36-,37+,38+,39+,43-/m1/s1. The number of hydrogen-bond acceptors (Lipinski definition) is 5. The van der Waals surface area contributed by atoms with E-state index in [4.69, 9.17) is 25.2 Å². The summed E-state index contributed by atoms with van der Waals surface area (Å²) in [5.74, 6) is 2.43. The summed E-state index contributed by atoms with van der Waals surface area (Å²) in [6.07, 6.45) is 20.1. The molecule has 5 aliphatic rings. The van der Waals surface area contributed by atoms with E-state index >= 15 is 0 Å². The first-order valence-corrected chi connectivity index (χ1v) is 26.4. The van der Waals surface area contributed by atoms with Crippen LogP contribution in [-0.4, -0.2) is 58.6 Å². The monoisotopic (exact) mass is 738 g/mol. The fraction of sp³-hybridized carbons (Fsp3) is 0.795. The minimum Gasteiger partial charge on any atom is -0.475 e. The van der Waals surface area contributed by atoms with Crippen LogP contribution in [0.2, 0.25) is 36.3 Å². The van der Waals surface area contributed by atoms with Gasteiger partial charge in [-0.1, -0.05) is 98.8 Å². The first-order valence-electron chi connectivity index (χ1n) is 20.6. The topological polar surface area (TPSA) is 60.3 Å². The SMILES string of the molecule is C=C1C(=CC=C2CCC[C@]3(C)[C@@H]([C@H](C)C=C[C@H](O)C4(C5=NCC(CC)O5)CC4)CC[C@@H]23)C[C@@H](O[Si](C)(C)C(C)(C)C)C[C@@H]1O[Si](C)(C)C(C)(C)C. The first kappa shape index (κ1) is 40.9. The van der Waals surface area contributed by atoms with E-state index in [9.17, 15) is 5.11 Å². The van der Waals surface area contributed by atoms with Gasteiger partial charge in [0.2, 0.25) is 0 Å². The molecule has 51 heavy (non-hydrogen) atoms. The van der Waals surface area contributed by atoms with Gasteiger partial charge in [0, 0.05) is 6.42 Å².